The first kappa shape index (κ1) is 15.7. The molecular weight excluding hydrogens is 313 g/mol. The Morgan fingerprint density at radius 2 is 2.00 bits per heavy atom. The quantitative estimate of drug-likeness (QED) is 0.784. The van der Waals surface area contributed by atoms with E-state index in [2.05, 4.69) is 5.32 Å². The van der Waals surface area contributed by atoms with E-state index in [4.69, 9.17) is 9.15 Å². The number of carbonyl (C=O) groups is 1. The van der Waals surface area contributed by atoms with Crippen molar-refractivity contribution in [3.8, 4) is 11.3 Å². The van der Waals surface area contributed by atoms with Gasteiger partial charge in [0.15, 0.2) is 5.43 Å². The van der Waals surface area contributed by atoms with Gasteiger partial charge in [0.1, 0.15) is 17.2 Å². The molecule has 0 fully saturated rings. The molecule has 0 aliphatic carbocycles. The Kier molecular flexibility index (Phi) is 4.29. The summed E-state index contributed by atoms with van der Waals surface area (Å²) in [5.74, 6) is -0.238. The van der Waals surface area contributed by atoms with Gasteiger partial charge in [0.05, 0.1) is 17.7 Å². The number of hydrogen-bond acceptors (Lipinski definition) is 4. The molecule has 2 aromatic carbocycles. The van der Waals surface area contributed by atoms with Crippen molar-refractivity contribution in [2.75, 3.05) is 11.9 Å². The van der Waals surface area contributed by atoms with Crippen LogP contribution in [0, 0.1) is 5.82 Å². The molecule has 0 saturated carbocycles. The van der Waals surface area contributed by atoms with Gasteiger partial charge in [-0.1, -0.05) is 12.1 Å². The lowest BCUT2D eigenvalue weighted by atomic mass is 10.1. The molecule has 0 unspecified atom stereocenters. The third kappa shape index (κ3) is 3.12. The lowest BCUT2D eigenvalue weighted by Gasteiger charge is -2.10. The monoisotopic (exact) mass is 327 g/mol. The third-order valence-electron chi connectivity index (χ3n) is 3.39. The van der Waals surface area contributed by atoms with E-state index in [0.717, 1.165) is 6.07 Å². The van der Waals surface area contributed by atoms with Crippen molar-refractivity contribution < 1.29 is 18.3 Å². The largest absolute Gasteiger partial charge is 0.456 e. The van der Waals surface area contributed by atoms with Gasteiger partial charge in [-0.15, -0.1) is 0 Å². The highest BCUT2D eigenvalue weighted by Crippen LogP contribution is 2.29. The lowest BCUT2D eigenvalue weighted by Crippen LogP contribution is -2.14. The van der Waals surface area contributed by atoms with Crippen LogP contribution in [-0.2, 0) is 4.74 Å². The minimum Gasteiger partial charge on any atom is -0.456 e. The minimum absolute atomic E-state index is 0.162. The van der Waals surface area contributed by atoms with E-state index in [1.54, 1.807) is 31.2 Å². The number of para-hydroxylation sites is 1. The Labute approximate surface area is 136 Å². The first-order chi connectivity index (χ1) is 11.6. The topological polar surface area (TPSA) is 68.5 Å². The van der Waals surface area contributed by atoms with E-state index in [-0.39, 0.29) is 28.8 Å². The summed E-state index contributed by atoms with van der Waals surface area (Å²) in [6, 6.07) is 11.9. The molecule has 122 valence electrons. The summed E-state index contributed by atoms with van der Waals surface area (Å²) in [4.78, 5) is 23.9. The molecule has 0 aliphatic rings. The number of anilines is 1. The van der Waals surface area contributed by atoms with E-state index in [9.17, 15) is 14.0 Å². The molecule has 3 aromatic rings. The van der Waals surface area contributed by atoms with Crippen LogP contribution < -0.4 is 10.7 Å². The normalized spacial score (nSPS) is 10.6. The van der Waals surface area contributed by atoms with Crippen LogP contribution in [0.15, 0.2) is 57.7 Å². The number of hydrogen-bond donors (Lipinski definition) is 1. The number of ether oxygens (including phenoxy) is 1. The average molecular weight is 327 g/mol. The highest BCUT2D eigenvalue weighted by atomic mass is 19.1. The van der Waals surface area contributed by atoms with Crippen LogP contribution in [0.3, 0.4) is 0 Å². The van der Waals surface area contributed by atoms with E-state index in [1.807, 2.05) is 0 Å². The molecule has 1 heterocycles. The molecule has 0 aliphatic heterocycles. The molecule has 0 spiro atoms. The number of nitrogens with one attached hydrogen (secondary N) is 1. The van der Waals surface area contributed by atoms with Crippen LogP contribution >= 0.6 is 0 Å². The molecule has 24 heavy (non-hydrogen) atoms. The fraction of sp³-hybridized carbons (Fsp3) is 0.111. The molecule has 0 saturated heterocycles. The predicted octanol–water partition coefficient (Wildman–Crippen LogP) is 4.17. The van der Waals surface area contributed by atoms with Crippen molar-refractivity contribution in [1.82, 2.24) is 0 Å². The Bertz CT molecular complexity index is 965. The van der Waals surface area contributed by atoms with Gasteiger partial charge in [-0.3, -0.25) is 10.1 Å². The predicted molar refractivity (Wildman–Crippen MR) is 88.5 cm³/mol. The molecule has 3 rings (SSSR count). The van der Waals surface area contributed by atoms with Crippen molar-refractivity contribution >= 4 is 22.7 Å². The first-order valence-corrected chi connectivity index (χ1v) is 7.35. The molecule has 0 bridgehead atoms. The van der Waals surface area contributed by atoms with Gasteiger partial charge in [0, 0.05) is 11.6 Å². The standard InChI is InChI=1S/C18H14FNO4/c1-2-23-18(22)20-14-6-4-3-5-12(14)17-10-15(21)13-9-11(19)7-8-16(13)24-17/h3-10H,2H2,1H3,(H,20,22). The molecule has 0 atom stereocenters. The number of rotatable bonds is 3. The highest BCUT2D eigenvalue weighted by molar-refractivity contribution is 5.91. The average Bonchev–Trinajstić information content (AvgIpc) is 2.56. The zero-order valence-corrected chi connectivity index (χ0v) is 12.8. The number of halogens is 1. The second-order valence-electron chi connectivity index (χ2n) is 5.01. The maximum atomic E-state index is 13.3. The zero-order chi connectivity index (χ0) is 17.1. The van der Waals surface area contributed by atoms with Crippen molar-refractivity contribution in [1.29, 1.82) is 0 Å². The van der Waals surface area contributed by atoms with Gasteiger partial charge >= 0.3 is 6.09 Å². The van der Waals surface area contributed by atoms with E-state index >= 15 is 0 Å². The van der Waals surface area contributed by atoms with Crippen LogP contribution in [0.1, 0.15) is 6.92 Å². The number of amides is 1. The molecule has 1 amide bonds. The van der Waals surface area contributed by atoms with E-state index in [1.165, 1.54) is 18.2 Å². The summed E-state index contributed by atoms with van der Waals surface area (Å²) < 4.78 is 23.8. The SMILES string of the molecule is CCOC(=O)Nc1ccccc1-c1cc(=O)c2cc(F)ccc2o1. The van der Waals surface area contributed by atoms with Gasteiger partial charge in [-0.25, -0.2) is 9.18 Å². The zero-order valence-electron chi connectivity index (χ0n) is 12.8. The van der Waals surface area contributed by atoms with Gasteiger partial charge < -0.3 is 9.15 Å². The number of benzene rings is 2. The van der Waals surface area contributed by atoms with Crippen molar-refractivity contribution in [2.45, 2.75) is 6.92 Å². The Morgan fingerprint density at radius 3 is 2.79 bits per heavy atom. The fourth-order valence-corrected chi connectivity index (χ4v) is 2.35. The fourth-order valence-electron chi connectivity index (χ4n) is 2.35. The Hall–Kier alpha value is -3.15. The van der Waals surface area contributed by atoms with Gasteiger partial charge in [0.2, 0.25) is 0 Å². The van der Waals surface area contributed by atoms with Gasteiger partial charge in [-0.2, -0.15) is 0 Å². The molecule has 5 nitrogen and oxygen atoms in total. The second-order valence-corrected chi connectivity index (χ2v) is 5.01. The smallest absolute Gasteiger partial charge is 0.411 e. The van der Waals surface area contributed by atoms with Crippen LogP contribution in [0.5, 0.6) is 0 Å². The van der Waals surface area contributed by atoms with Gasteiger partial charge in [-0.05, 0) is 37.3 Å². The van der Waals surface area contributed by atoms with Crippen LogP contribution in [0.4, 0.5) is 14.9 Å². The Balaban J connectivity index is 2.09. The summed E-state index contributed by atoms with van der Waals surface area (Å²) >= 11 is 0. The third-order valence-corrected chi connectivity index (χ3v) is 3.39. The second kappa shape index (κ2) is 6.54. The van der Waals surface area contributed by atoms with Crippen LogP contribution in [0.2, 0.25) is 0 Å². The molecule has 6 heteroatoms. The van der Waals surface area contributed by atoms with E-state index < -0.39 is 11.9 Å². The Morgan fingerprint density at radius 1 is 1.21 bits per heavy atom. The molecular formula is C18H14FNO4. The summed E-state index contributed by atoms with van der Waals surface area (Å²) in [7, 11) is 0. The van der Waals surface area contributed by atoms with Crippen molar-refractivity contribution in [2.24, 2.45) is 0 Å². The first-order valence-electron chi connectivity index (χ1n) is 7.35. The number of carbonyl (C=O) groups excluding carboxylic acids is 1. The van der Waals surface area contributed by atoms with Crippen LogP contribution in [-0.4, -0.2) is 12.7 Å². The maximum Gasteiger partial charge on any atom is 0.411 e. The molecule has 1 N–H and O–H groups in total. The highest BCUT2D eigenvalue weighted by Gasteiger charge is 2.13. The van der Waals surface area contributed by atoms with Crippen LogP contribution in [0.25, 0.3) is 22.3 Å². The molecule has 1 aromatic heterocycles. The van der Waals surface area contributed by atoms with Crippen molar-refractivity contribution in [3.63, 3.8) is 0 Å². The molecule has 0 radical (unpaired) electrons. The summed E-state index contributed by atoms with van der Waals surface area (Å²) in [6.07, 6.45) is -0.602. The summed E-state index contributed by atoms with van der Waals surface area (Å²) in [5, 5.41) is 2.77. The van der Waals surface area contributed by atoms with E-state index in [0.29, 0.717) is 11.3 Å². The summed E-state index contributed by atoms with van der Waals surface area (Å²) in [6.45, 7) is 1.94. The maximum absolute atomic E-state index is 13.3. The minimum atomic E-state index is -0.602. The van der Waals surface area contributed by atoms with Crippen molar-refractivity contribution in [3.05, 3.63) is 64.6 Å². The summed E-state index contributed by atoms with van der Waals surface area (Å²) in [5.41, 5.74) is 0.871. The number of fused-ring (bicyclic) bond motifs is 1. The van der Waals surface area contributed by atoms with Gasteiger partial charge in [0.25, 0.3) is 0 Å². The lowest BCUT2D eigenvalue weighted by molar-refractivity contribution is 0.168.